The van der Waals surface area contributed by atoms with E-state index in [9.17, 15) is 19.8 Å². The molecule has 0 saturated carbocycles. The lowest BCUT2D eigenvalue weighted by Crippen LogP contribution is -2.42. The van der Waals surface area contributed by atoms with E-state index in [1.54, 1.807) is 41.1 Å². The second kappa shape index (κ2) is 11.0. The minimum Gasteiger partial charge on any atom is -0.508 e. The minimum atomic E-state index is -1.19. The first-order valence-corrected chi connectivity index (χ1v) is 12.8. The summed E-state index contributed by atoms with van der Waals surface area (Å²) in [7, 11) is 0. The molecule has 5 rings (SSSR count). The second-order valence-corrected chi connectivity index (χ2v) is 9.93. The van der Waals surface area contributed by atoms with Crippen molar-refractivity contribution < 1.29 is 19.8 Å². The molecule has 0 aliphatic carbocycles. The van der Waals surface area contributed by atoms with Crippen LogP contribution >= 0.6 is 11.6 Å². The first kappa shape index (κ1) is 26.0. The van der Waals surface area contributed by atoms with Crippen molar-refractivity contribution in [3.8, 4) is 16.9 Å². The van der Waals surface area contributed by atoms with Crippen molar-refractivity contribution in [1.82, 2.24) is 14.7 Å². The van der Waals surface area contributed by atoms with E-state index in [2.05, 4.69) is 10.3 Å². The van der Waals surface area contributed by atoms with Crippen LogP contribution in [-0.4, -0.2) is 37.5 Å². The zero-order valence-electron chi connectivity index (χ0n) is 21.1. The lowest BCUT2D eigenvalue weighted by Gasteiger charge is -2.17. The van der Waals surface area contributed by atoms with Crippen molar-refractivity contribution >= 4 is 29.1 Å². The van der Waals surface area contributed by atoms with E-state index >= 15 is 0 Å². The number of phenolic OH excluding ortho intramolecular Hbond substituents is 1. The van der Waals surface area contributed by atoms with Gasteiger partial charge < -0.3 is 19.9 Å². The molecule has 39 heavy (non-hydrogen) atoms. The van der Waals surface area contributed by atoms with Crippen molar-refractivity contribution in [3.05, 3.63) is 124 Å². The molecule has 0 saturated heterocycles. The smallest absolute Gasteiger partial charge is 0.326 e. The highest BCUT2D eigenvalue weighted by Gasteiger charge is 2.24. The number of imidazole rings is 1. The van der Waals surface area contributed by atoms with E-state index in [0.29, 0.717) is 17.1 Å². The Hall–Kier alpha value is -4.62. The van der Waals surface area contributed by atoms with Crippen LogP contribution in [0.5, 0.6) is 5.75 Å². The van der Waals surface area contributed by atoms with E-state index in [1.807, 2.05) is 55.5 Å². The van der Waals surface area contributed by atoms with Gasteiger partial charge in [-0.3, -0.25) is 4.79 Å². The average Bonchev–Trinajstić information content (AvgIpc) is 3.35. The molecule has 7 nitrogen and oxygen atoms in total. The highest BCUT2D eigenvalue weighted by atomic mass is 35.5. The highest BCUT2D eigenvalue weighted by molar-refractivity contribution is 6.30. The van der Waals surface area contributed by atoms with Crippen LogP contribution in [0.2, 0.25) is 5.02 Å². The predicted octanol–water partition coefficient (Wildman–Crippen LogP) is 5.69. The Morgan fingerprint density at radius 2 is 1.69 bits per heavy atom. The number of carbonyl (C=O) groups is 2. The molecule has 2 aromatic heterocycles. The van der Waals surface area contributed by atoms with Crippen LogP contribution < -0.4 is 5.32 Å². The topological polar surface area (TPSA) is 104 Å². The summed E-state index contributed by atoms with van der Waals surface area (Å²) in [6.07, 6.45) is 3.94. The highest BCUT2D eigenvalue weighted by Crippen LogP contribution is 2.24. The van der Waals surface area contributed by atoms with E-state index in [4.69, 9.17) is 11.6 Å². The fraction of sp³-hybridized carbons (Fsp3) is 0.129. The largest absolute Gasteiger partial charge is 0.508 e. The number of aromatic nitrogens is 2. The number of carboxylic acid groups (broad SMARTS) is 1. The van der Waals surface area contributed by atoms with Crippen molar-refractivity contribution in [3.63, 3.8) is 0 Å². The maximum Gasteiger partial charge on any atom is 0.326 e. The second-order valence-electron chi connectivity index (χ2n) is 9.50. The third-order valence-corrected chi connectivity index (χ3v) is 6.85. The molecule has 0 aliphatic rings. The number of phenols is 1. The summed E-state index contributed by atoms with van der Waals surface area (Å²) in [5.41, 5.74) is 6.22. The number of pyridine rings is 1. The first-order valence-electron chi connectivity index (χ1n) is 12.4. The van der Waals surface area contributed by atoms with Gasteiger partial charge in [0.1, 0.15) is 23.1 Å². The molecule has 1 amide bonds. The number of nitrogens with zero attached hydrogens (tertiary/aromatic N) is 2. The number of fused-ring (bicyclic) bond motifs is 1. The number of hydrogen-bond acceptors (Lipinski definition) is 4. The first-order chi connectivity index (χ1) is 18.7. The maximum absolute atomic E-state index is 13.1. The molecule has 0 aliphatic heterocycles. The molecule has 1 atom stereocenters. The van der Waals surface area contributed by atoms with Crippen LogP contribution in [0.25, 0.3) is 16.8 Å². The summed E-state index contributed by atoms with van der Waals surface area (Å²) in [6, 6.07) is 22.8. The molecular weight excluding hydrogens is 514 g/mol. The summed E-state index contributed by atoms with van der Waals surface area (Å²) in [5, 5.41) is 23.2. The molecule has 0 unspecified atom stereocenters. The van der Waals surface area contributed by atoms with Gasteiger partial charge in [-0.05, 0) is 77.6 Å². The Bertz CT molecular complexity index is 1660. The Kier molecular flexibility index (Phi) is 7.34. The average molecular weight is 540 g/mol. The van der Waals surface area contributed by atoms with Gasteiger partial charge in [0, 0.05) is 23.8 Å². The van der Waals surface area contributed by atoms with Gasteiger partial charge in [-0.1, -0.05) is 59.6 Å². The number of aromatic hydroxyl groups is 1. The van der Waals surface area contributed by atoms with Gasteiger partial charge in [0.15, 0.2) is 0 Å². The molecule has 0 fully saturated rings. The molecule has 0 radical (unpaired) electrons. The van der Waals surface area contributed by atoms with Crippen LogP contribution in [0, 0.1) is 6.92 Å². The zero-order valence-corrected chi connectivity index (χ0v) is 21.9. The van der Waals surface area contributed by atoms with Crippen LogP contribution in [0.4, 0.5) is 0 Å². The fourth-order valence-electron chi connectivity index (χ4n) is 4.47. The molecule has 0 bridgehead atoms. The molecule has 3 N–H and O–H groups in total. The molecule has 5 aromatic rings. The summed E-state index contributed by atoms with van der Waals surface area (Å²) in [4.78, 5) is 29.6. The van der Waals surface area contributed by atoms with Gasteiger partial charge in [0.2, 0.25) is 0 Å². The third kappa shape index (κ3) is 6.10. The Morgan fingerprint density at radius 3 is 2.41 bits per heavy atom. The predicted molar refractivity (Wildman–Crippen MR) is 150 cm³/mol. The summed E-state index contributed by atoms with van der Waals surface area (Å²) >= 11 is 5.99. The van der Waals surface area contributed by atoms with Crippen LogP contribution in [-0.2, 0) is 17.6 Å². The number of amides is 1. The summed E-state index contributed by atoms with van der Waals surface area (Å²) < 4.78 is 1.71. The number of halogens is 1. The molecule has 3 aromatic carbocycles. The molecule has 2 heterocycles. The number of carboxylic acids is 1. The lowest BCUT2D eigenvalue weighted by atomic mass is 9.94. The normalized spacial score (nSPS) is 11.8. The van der Waals surface area contributed by atoms with E-state index in [0.717, 1.165) is 33.4 Å². The molecule has 8 heteroatoms. The molecule has 196 valence electrons. The Labute approximate surface area is 230 Å². The molecular formula is C31H26ClN3O4. The number of rotatable bonds is 8. The summed E-state index contributed by atoms with van der Waals surface area (Å²) in [5.74, 6) is -1.65. The maximum atomic E-state index is 13.1. The SMILES string of the molecule is Cc1ccc(Cc2cc(O)ccc2C[C@H](NC(=O)c2cn3ccc(-c4ccc(Cl)cc4)cc3n2)C(=O)O)cc1. The number of aliphatic carboxylic acids is 1. The monoisotopic (exact) mass is 539 g/mol. The van der Waals surface area contributed by atoms with Gasteiger partial charge in [0.25, 0.3) is 5.91 Å². The third-order valence-electron chi connectivity index (χ3n) is 6.60. The van der Waals surface area contributed by atoms with Crippen LogP contribution in [0.3, 0.4) is 0 Å². The van der Waals surface area contributed by atoms with Gasteiger partial charge >= 0.3 is 5.97 Å². The van der Waals surface area contributed by atoms with Gasteiger partial charge in [0.05, 0.1) is 0 Å². The number of hydrogen-bond donors (Lipinski definition) is 3. The van der Waals surface area contributed by atoms with Crippen LogP contribution in [0.1, 0.15) is 32.7 Å². The Morgan fingerprint density at radius 1 is 0.949 bits per heavy atom. The number of nitrogens with one attached hydrogen (secondary N) is 1. The molecule has 0 spiro atoms. The number of aryl methyl sites for hydroxylation is 1. The van der Waals surface area contributed by atoms with Crippen LogP contribution in [0.15, 0.2) is 91.3 Å². The quantitative estimate of drug-likeness (QED) is 0.235. The zero-order chi connectivity index (χ0) is 27.5. The van der Waals surface area contributed by atoms with E-state index in [-0.39, 0.29) is 17.9 Å². The van der Waals surface area contributed by atoms with Gasteiger partial charge in [-0.15, -0.1) is 0 Å². The van der Waals surface area contributed by atoms with Crippen molar-refractivity contribution in [2.45, 2.75) is 25.8 Å². The van der Waals surface area contributed by atoms with E-state index < -0.39 is 17.9 Å². The fourth-order valence-corrected chi connectivity index (χ4v) is 4.59. The Balaban J connectivity index is 1.35. The summed E-state index contributed by atoms with van der Waals surface area (Å²) in [6.45, 7) is 2.01. The minimum absolute atomic E-state index is 0.0522. The standard InChI is InChI=1S/C31H26ClN3O4/c1-19-2-4-20(5-3-19)14-24-15-26(36)11-8-22(24)16-27(31(38)39)34-30(37)28-18-35-13-12-23(17-29(35)33-28)21-6-9-25(32)10-7-21/h2-13,15,17-18,27,36H,14,16H2,1H3,(H,34,37)(H,38,39)/t27-/m0/s1. The lowest BCUT2D eigenvalue weighted by molar-refractivity contribution is -0.139. The van der Waals surface area contributed by atoms with Crippen molar-refractivity contribution in [2.75, 3.05) is 0 Å². The van der Waals surface area contributed by atoms with Gasteiger partial charge in [-0.2, -0.15) is 0 Å². The number of benzene rings is 3. The van der Waals surface area contributed by atoms with Gasteiger partial charge in [-0.25, -0.2) is 9.78 Å². The van der Waals surface area contributed by atoms with Crippen molar-refractivity contribution in [1.29, 1.82) is 0 Å². The van der Waals surface area contributed by atoms with Crippen molar-refractivity contribution in [2.24, 2.45) is 0 Å². The van der Waals surface area contributed by atoms with E-state index in [1.165, 1.54) is 6.07 Å². The number of carbonyl (C=O) groups excluding carboxylic acids is 1.